The monoisotopic (exact) mass is 238 g/mol. The normalized spacial score (nSPS) is 10.9. The van der Waals surface area contributed by atoms with E-state index in [0.717, 1.165) is 24.3 Å². The molecule has 0 aliphatic rings. The van der Waals surface area contributed by atoms with Crippen LogP contribution >= 0.6 is 0 Å². The van der Waals surface area contributed by atoms with E-state index < -0.39 is 0 Å². The van der Waals surface area contributed by atoms with Gasteiger partial charge in [-0.15, -0.1) is 0 Å². The summed E-state index contributed by atoms with van der Waals surface area (Å²) in [6.45, 7) is 10.7. The first-order valence-corrected chi connectivity index (χ1v) is 6.36. The molecule has 0 aliphatic heterocycles. The number of rotatable bonds is 6. The Kier molecular flexibility index (Phi) is 5.42. The van der Waals surface area contributed by atoms with Crippen LogP contribution < -0.4 is 10.2 Å². The van der Waals surface area contributed by atoms with Crippen molar-refractivity contribution in [1.29, 1.82) is 0 Å². The quantitative estimate of drug-likeness (QED) is 0.819. The summed E-state index contributed by atoms with van der Waals surface area (Å²) in [6.07, 6.45) is 0. The molecule has 0 unspecified atom stereocenters. The van der Waals surface area contributed by atoms with E-state index in [0.29, 0.717) is 12.6 Å². The Labute approximate surface area is 104 Å². The minimum Gasteiger partial charge on any atom is -0.367 e. The second-order valence-corrected chi connectivity index (χ2v) is 4.41. The number of para-hydroxylation sites is 1. The first kappa shape index (κ1) is 14.0. The number of halogens is 1. The maximum absolute atomic E-state index is 14.0. The van der Waals surface area contributed by atoms with E-state index in [9.17, 15) is 4.39 Å². The van der Waals surface area contributed by atoms with E-state index in [1.807, 2.05) is 6.07 Å². The first-order valence-electron chi connectivity index (χ1n) is 6.36. The molecule has 0 heterocycles. The molecule has 96 valence electrons. The van der Waals surface area contributed by atoms with Crippen LogP contribution in [0, 0.1) is 5.82 Å². The third kappa shape index (κ3) is 3.43. The van der Waals surface area contributed by atoms with Crippen LogP contribution in [0.2, 0.25) is 0 Å². The van der Waals surface area contributed by atoms with Crippen molar-refractivity contribution in [1.82, 2.24) is 5.32 Å². The predicted octanol–water partition coefficient (Wildman–Crippen LogP) is 3.17. The van der Waals surface area contributed by atoms with Gasteiger partial charge in [-0.25, -0.2) is 4.39 Å². The Morgan fingerprint density at radius 3 is 2.53 bits per heavy atom. The number of hydrogen-bond acceptors (Lipinski definition) is 2. The molecule has 0 aromatic heterocycles. The molecule has 0 atom stereocenters. The fraction of sp³-hybridized carbons (Fsp3) is 0.571. The molecule has 2 nitrogen and oxygen atoms in total. The van der Waals surface area contributed by atoms with Gasteiger partial charge in [0.25, 0.3) is 0 Å². The zero-order valence-corrected chi connectivity index (χ0v) is 11.3. The highest BCUT2D eigenvalue weighted by Gasteiger charge is 2.16. The van der Waals surface area contributed by atoms with Crippen molar-refractivity contribution in [2.45, 2.75) is 40.3 Å². The highest BCUT2D eigenvalue weighted by Crippen LogP contribution is 2.26. The van der Waals surface area contributed by atoms with Crippen LogP contribution in [0.25, 0.3) is 0 Å². The lowest BCUT2D eigenvalue weighted by Gasteiger charge is -2.30. The van der Waals surface area contributed by atoms with Crippen LogP contribution in [0.5, 0.6) is 0 Å². The third-order valence-corrected chi connectivity index (χ3v) is 2.89. The van der Waals surface area contributed by atoms with Gasteiger partial charge in [-0.1, -0.05) is 19.1 Å². The molecule has 1 N–H and O–H groups in total. The van der Waals surface area contributed by atoms with E-state index in [1.54, 1.807) is 6.07 Å². The zero-order valence-electron chi connectivity index (χ0n) is 11.3. The minimum absolute atomic E-state index is 0.129. The summed E-state index contributed by atoms with van der Waals surface area (Å²) < 4.78 is 14.0. The number of nitrogens with one attached hydrogen (secondary N) is 1. The molecular formula is C14H23FN2. The van der Waals surface area contributed by atoms with Gasteiger partial charge in [0, 0.05) is 19.1 Å². The van der Waals surface area contributed by atoms with Crippen LogP contribution in [0.1, 0.15) is 33.3 Å². The van der Waals surface area contributed by atoms with E-state index in [-0.39, 0.29) is 5.82 Å². The molecule has 1 rings (SSSR count). The van der Waals surface area contributed by atoms with Crippen molar-refractivity contribution in [3.8, 4) is 0 Å². The minimum atomic E-state index is -0.129. The molecule has 0 radical (unpaired) electrons. The summed E-state index contributed by atoms with van der Waals surface area (Å²) in [4.78, 5) is 2.10. The molecular weight excluding hydrogens is 215 g/mol. The van der Waals surface area contributed by atoms with Crippen LogP contribution in [-0.4, -0.2) is 19.1 Å². The molecule has 0 bridgehead atoms. The van der Waals surface area contributed by atoms with Crippen molar-refractivity contribution >= 4 is 5.69 Å². The Bertz CT molecular complexity index is 350. The average Bonchev–Trinajstić information content (AvgIpc) is 2.29. The summed E-state index contributed by atoms with van der Waals surface area (Å²) >= 11 is 0. The zero-order chi connectivity index (χ0) is 12.8. The standard InChI is InChI=1S/C14H23FN2/c1-5-16-10-12-8-7-9-13(15)14(12)17(6-2)11(3)4/h7-9,11,16H,5-6,10H2,1-4H3. The van der Waals surface area contributed by atoms with Crippen molar-refractivity contribution < 1.29 is 4.39 Å². The Balaban J connectivity index is 3.09. The molecule has 0 aliphatic carbocycles. The lowest BCUT2D eigenvalue weighted by Crippen LogP contribution is -2.32. The van der Waals surface area contributed by atoms with Gasteiger partial charge in [0.1, 0.15) is 5.82 Å². The second kappa shape index (κ2) is 6.60. The Morgan fingerprint density at radius 1 is 1.29 bits per heavy atom. The van der Waals surface area contributed by atoms with Crippen LogP contribution in [-0.2, 0) is 6.54 Å². The maximum atomic E-state index is 14.0. The average molecular weight is 238 g/mol. The smallest absolute Gasteiger partial charge is 0.146 e. The van der Waals surface area contributed by atoms with Crippen molar-refractivity contribution in [3.05, 3.63) is 29.6 Å². The van der Waals surface area contributed by atoms with E-state index >= 15 is 0 Å². The summed E-state index contributed by atoms with van der Waals surface area (Å²) in [6, 6.07) is 5.61. The van der Waals surface area contributed by atoms with Gasteiger partial charge >= 0.3 is 0 Å². The summed E-state index contributed by atoms with van der Waals surface area (Å²) in [5, 5.41) is 3.26. The van der Waals surface area contributed by atoms with Gasteiger partial charge in [-0.2, -0.15) is 0 Å². The van der Waals surface area contributed by atoms with E-state index in [4.69, 9.17) is 0 Å². The molecule has 0 amide bonds. The maximum Gasteiger partial charge on any atom is 0.146 e. The fourth-order valence-corrected chi connectivity index (χ4v) is 2.07. The van der Waals surface area contributed by atoms with Crippen LogP contribution in [0.4, 0.5) is 10.1 Å². The van der Waals surface area contributed by atoms with Gasteiger partial charge in [-0.05, 0) is 38.9 Å². The molecule has 0 saturated carbocycles. The third-order valence-electron chi connectivity index (χ3n) is 2.89. The van der Waals surface area contributed by atoms with Gasteiger partial charge in [0.2, 0.25) is 0 Å². The fourth-order valence-electron chi connectivity index (χ4n) is 2.07. The Morgan fingerprint density at radius 2 is 2.00 bits per heavy atom. The van der Waals surface area contributed by atoms with Crippen molar-refractivity contribution in [2.24, 2.45) is 0 Å². The van der Waals surface area contributed by atoms with Crippen LogP contribution in [0.3, 0.4) is 0 Å². The molecule has 0 fully saturated rings. The second-order valence-electron chi connectivity index (χ2n) is 4.41. The number of nitrogens with zero attached hydrogens (tertiary/aromatic N) is 1. The predicted molar refractivity (Wildman–Crippen MR) is 71.9 cm³/mol. The molecule has 0 spiro atoms. The van der Waals surface area contributed by atoms with E-state index in [1.165, 1.54) is 6.07 Å². The molecule has 3 heteroatoms. The van der Waals surface area contributed by atoms with Gasteiger partial charge < -0.3 is 10.2 Å². The SMILES string of the molecule is CCNCc1cccc(F)c1N(CC)C(C)C. The largest absolute Gasteiger partial charge is 0.367 e. The van der Waals surface area contributed by atoms with E-state index in [2.05, 4.69) is 37.9 Å². The van der Waals surface area contributed by atoms with Gasteiger partial charge in [0.05, 0.1) is 5.69 Å². The number of benzene rings is 1. The molecule has 0 saturated heterocycles. The van der Waals surface area contributed by atoms with Gasteiger partial charge in [0.15, 0.2) is 0 Å². The molecule has 17 heavy (non-hydrogen) atoms. The molecule has 1 aromatic carbocycles. The van der Waals surface area contributed by atoms with Crippen molar-refractivity contribution in [2.75, 3.05) is 18.0 Å². The highest BCUT2D eigenvalue weighted by molar-refractivity contribution is 5.55. The van der Waals surface area contributed by atoms with Gasteiger partial charge in [-0.3, -0.25) is 0 Å². The molecule has 1 aromatic rings. The number of anilines is 1. The topological polar surface area (TPSA) is 15.3 Å². The first-order chi connectivity index (χ1) is 8.11. The number of hydrogen-bond donors (Lipinski definition) is 1. The highest BCUT2D eigenvalue weighted by atomic mass is 19.1. The Hall–Kier alpha value is -1.09. The lowest BCUT2D eigenvalue weighted by atomic mass is 10.1. The summed E-state index contributed by atoms with van der Waals surface area (Å²) in [7, 11) is 0. The lowest BCUT2D eigenvalue weighted by molar-refractivity contribution is 0.597. The van der Waals surface area contributed by atoms with Crippen LogP contribution in [0.15, 0.2) is 18.2 Å². The summed E-state index contributed by atoms with van der Waals surface area (Å²) in [5.74, 6) is -0.129. The summed E-state index contributed by atoms with van der Waals surface area (Å²) in [5.41, 5.74) is 1.77. The van der Waals surface area contributed by atoms with Crippen molar-refractivity contribution in [3.63, 3.8) is 0 Å².